The molecule has 0 saturated carbocycles. The van der Waals surface area contributed by atoms with E-state index in [-0.39, 0.29) is 17.9 Å². The van der Waals surface area contributed by atoms with Crippen LogP contribution in [0.1, 0.15) is 44.0 Å². The number of amides is 1. The van der Waals surface area contributed by atoms with Gasteiger partial charge in [-0.1, -0.05) is 12.1 Å². The van der Waals surface area contributed by atoms with Gasteiger partial charge in [-0.15, -0.1) is 0 Å². The number of likely N-dealkylation sites (tertiary alicyclic amines) is 1. The highest BCUT2D eigenvalue weighted by atomic mass is 16.5. The Labute approximate surface area is 122 Å². The fourth-order valence-electron chi connectivity index (χ4n) is 2.87. The van der Waals surface area contributed by atoms with E-state index in [1.54, 1.807) is 10.9 Å². The van der Waals surface area contributed by atoms with Crippen LogP contribution >= 0.6 is 0 Å². The molecule has 2 aromatic rings. The number of piperidine rings is 1. The van der Waals surface area contributed by atoms with Crippen LogP contribution in [0.15, 0.2) is 29.4 Å². The minimum absolute atomic E-state index is 0.146. The summed E-state index contributed by atoms with van der Waals surface area (Å²) in [6.07, 6.45) is 7.40. The number of aromatic nitrogens is 4. The Hall–Kier alpha value is -2.18. The molecule has 1 unspecified atom stereocenters. The summed E-state index contributed by atoms with van der Waals surface area (Å²) in [5.41, 5.74) is 0. The maximum atomic E-state index is 12.6. The van der Waals surface area contributed by atoms with Crippen molar-refractivity contribution in [2.24, 2.45) is 0 Å². The number of hydrogen-bond acceptors (Lipinski definition) is 5. The van der Waals surface area contributed by atoms with Gasteiger partial charge in [0.2, 0.25) is 12.3 Å². The van der Waals surface area contributed by atoms with Crippen molar-refractivity contribution in [3.05, 3.63) is 30.7 Å². The molecule has 0 bridgehead atoms. The van der Waals surface area contributed by atoms with Crippen LogP contribution in [0.4, 0.5) is 0 Å². The Morgan fingerprint density at radius 3 is 2.86 bits per heavy atom. The lowest BCUT2D eigenvalue weighted by atomic mass is 9.95. The second-order valence-electron chi connectivity index (χ2n) is 5.30. The number of rotatable bonds is 4. The van der Waals surface area contributed by atoms with E-state index < -0.39 is 0 Å². The molecule has 3 heterocycles. The van der Waals surface area contributed by atoms with Gasteiger partial charge in [0, 0.05) is 31.4 Å². The Morgan fingerprint density at radius 1 is 1.48 bits per heavy atom. The van der Waals surface area contributed by atoms with Gasteiger partial charge < -0.3 is 9.42 Å². The van der Waals surface area contributed by atoms with Crippen LogP contribution < -0.4 is 0 Å². The first-order chi connectivity index (χ1) is 10.3. The van der Waals surface area contributed by atoms with Crippen LogP contribution in [0.2, 0.25) is 0 Å². The topological polar surface area (TPSA) is 77.0 Å². The Kier molecular flexibility index (Phi) is 3.98. The molecule has 0 radical (unpaired) electrons. The van der Waals surface area contributed by atoms with Gasteiger partial charge in [-0.3, -0.25) is 9.48 Å². The predicted octanol–water partition coefficient (Wildman–Crippen LogP) is 1.62. The summed E-state index contributed by atoms with van der Waals surface area (Å²) in [6.45, 7) is 3.47. The summed E-state index contributed by atoms with van der Waals surface area (Å²) in [5, 5.41) is 8.09. The molecule has 1 amide bonds. The average Bonchev–Trinajstić information content (AvgIpc) is 3.22. The van der Waals surface area contributed by atoms with Crippen LogP contribution in [0, 0.1) is 0 Å². The quantitative estimate of drug-likeness (QED) is 0.854. The molecule has 0 aliphatic carbocycles. The summed E-state index contributed by atoms with van der Waals surface area (Å²) >= 11 is 0. The van der Waals surface area contributed by atoms with Crippen molar-refractivity contribution in [3.63, 3.8) is 0 Å². The molecule has 0 spiro atoms. The van der Waals surface area contributed by atoms with Crippen molar-refractivity contribution in [2.45, 2.75) is 38.1 Å². The first kappa shape index (κ1) is 13.8. The minimum Gasteiger partial charge on any atom is -0.343 e. The van der Waals surface area contributed by atoms with E-state index in [4.69, 9.17) is 4.52 Å². The first-order valence-corrected chi connectivity index (χ1v) is 7.33. The highest BCUT2D eigenvalue weighted by Crippen LogP contribution is 2.27. The molecule has 2 aromatic heterocycles. The maximum absolute atomic E-state index is 12.6. The standard InChI is InChI=1S/C14H19N5O2/c1-2-12(19-7-3-6-16-19)14(20)18-8-4-11(5-9-18)13-15-10-21-17-13/h3,6-7,10-12H,2,4-5,8-9H2,1H3. The smallest absolute Gasteiger partial charge is 0.247 e. The summed E-state index contributed by atoms with van der Waals surface area (Å²) in [6, 6.07) is 1.64. The van der Waals surface area contributed by atoms with Crippen molar-refractivity contribution in [1.82, 2.24) is 24.8 Å². The van der Waals surface area contributed by atoms with E-state index in [1.165, 1.54) is 6.39 Å². The van der Waals surface area contributed by atoms with Gasteiger partial charge in [-0.2, -0.15) is 10.1 Å². The Balaban J connectivity index is 1.62. The first-order valence-electron chi connectivity index (χ1n) is 7.33. The molecule has 0 aromatic carbocycles. The molecule has 1 atom stereocenters. The van der Waals surface area contributed by atoms with E-state index in [2.05, 4.69) is 15.2 Å². The van der Waals surface area contributed by atoms with Gasteiger partial charge in [0.15, 0.2) is 5.82 Å². The average molecular weight is 289 g/mol. The molecule has 7 nitrogen and oxygen atoms in total. The van der Waals surface area contributed by atoms with Crippen LogP contribution in [0.5, 0.6) is 0 Å². The molecule has 1 aliphatic heterocycles. The molecule has 3 rings (SSSR count). The molecular formula is C14H19N5O2. The number of hydrogen-bond donors (Lipinski definition) is 0. The maximum Gasteiger partial charge on any atom is 0.247 e. The SMILES string of the molecule is CCC(C(=O)N1CCC(c2ncon2)CC1)n1cccn1. The highest BCUT2D eigenvalue weighted by Gasteiger charge is 2.30. The minimum atomic E-state index is -0.207. The lowest BCUT2D eigenvalue weighted by Crippen LogP contribution is -2.42. The van der Waals surface area contributed by atoms with Gasteiger partial charge in [0.1, 0.15) is 6.04 Å². The zero-order valence-corrected chi connectivity index (χ0v) is 12.1. The summed E-state index contributed by atoms with van der Waals surface area (Å²) in [7, 11) is 0. The summed E-state index contributed by atoms with van der Waals surface area (Å²) in [4.78, 5) is 18.7. The van der Waals surface area contributed by atoms with Gasteiger partial charge in [0.05, 0.1) is 0 Å². The van der Waals surface area contributed by atoms with E-state index in [1.807, 2.05) is 24.1 Å². The largest absolute Gasteiger partial charge is 0.343 e. The monoisotopic (exact) mass is 289 g/mol. The Morgan fingerprint density at radius 2 is 2.29 bits per heavy atom. The molecule has 21 heavy (non-hydrogen) atoms. The molecule has 0 N–H and O–H groups in total. The lowest BCUT2D eigenvalue weighted by Gasteiger charge is -2.33. The van der Waals surface area contributed by atoms with E-state index in [9.17, 15) is 4.79 Å². The zero-order valence-electron chi connectivity index (χ0n) is 12.1. The third-order valence-corrected chi connectivity index (χ3v) is 4.07. The second-order valence-corrected chi connectivity index (χ2v) is 5.30. The highest BCUT2D eigenvalue weighted by molar-refractivity contribution is 5.80. The molecule has 7 heteroatoms. The summed E-state index contributed by atoms with van der Waals surface area (Å²) < 4.78 is 6.54. The Bertz CT molecular complexity index is 558. The number of carbonyl (C=O) groups is 1. The van der Waals surface area contributed by atoms with Crippen LogP contribution in [-0.2, 0) is 4.79 Å². The van der Waals surface area contributed by atoms with Crippen LogP contribution in [0.3, 0.4) is 0 Å². The van der Waals surface area contributed by atoms with Gasteiger partial charge in [0.25, 0.3) is 0 Å². The van der Waals surface area contributed by atoms with Gasteiger partial charge >= 0.3 is 0 Å². The van der Waals surface area contributed by atoms with Crippen LogP contribution in [-0.4, -0.2) is 43.8 Å². The molecule has 1 fully saturated rings. The molecule has 112 valence electrons. The van der Waals surface area contributed by atoms with E-state index in [0.717, 1.165) is 38.2 Å². The molecule has 1 saturated heterocycles. The van der Waals surface area contributed by atoms with Gasteiger partial charge in [-0.05, 0) is 25.3 Å². The van der Waals surface area contributed by atoms with Crippen molar-refractivity contribution in [3.8, 4) is 0 Å². The number of carbonyl (C=O) groups excluding carboxylic acids is 1. The predicted molar refractivity (Wildman–Crippen MR) is 74.4 cm³/mol. The lowest BCUT2D eigenvalue weighted by molar-refractivity contribution is -0.136. The normalized spacial score (nSPS) is 17.9. The molecule has 1 aliphatic rings. The van der Waals surface area contributed by atoms with Crippen molar-refractivity contribution in [2.75, 3.05) is 13.1 Å². The van der Waals surface area contributed by atoms with Crippen LogP contribution in [0.25, 0.3) is 0 Å². The van der Waals surface area contributed by atoms with E-state index >= 15 is 0 Å². The molecular weight excluding hydrogens is 270 g/mol. The second kappa shape index (κ2) is 6.07. The fourth-order valence-corrected chi connectivity index (χ4v) is 2.87. The summed E-state index contributed by atoms with van der Waals surface area (Å²) in [5.74, 6) is 1.19. The third-order valence-electron chi connectivity index (χ3n) is 4.07. The third kappa shape index (κ3) is 2.81. The fraction of sp³-hybridized carbons (Fsp3) is 0.571. The van der Waals surface area contributed by atoms with E-state index in [0.29, 0.717) is 0 Å². The van der Waals surface area contributed by atoms with Crippen molar-refractivity contribution >= 4 is 5.91 Å². The van der Waals surface area contributed by atoms with Crippen molar-refractivity contribution in [1.29, 1.82) is 0 Å². The van der Waals surface area contributed by atoms with Crippen molar-refractivity contribution < 1.29 is 9.32 Å². The van der Waals surface area contributed by atoms with Gasteiger partial charge in [-0.25, -0.2) is 0 Å². The number of nitrogens with zero attached hydrogens (tertiary/aromatic N) is 5. The zero-order chi connectivity index (χ0) is 14.7.